The molecule has 0 saturated heterocycles. The van der Waals surface area contributed by atoms with E-state index < -0.39 is 0 Å². The summed E-state index contributed by atoms with van der Waals surface area (Å²) in [7, 11) is 0. The van der Waals surface area contributed by atoms with E-state index in [4.69, 9.17) is 11.6 Å². The molecule has 2 aromatic rings. The van der Waals surface area contributed by atoms with Crippen LogP contribution in [0.3, 0.4) is 0 Å². The minimum absolute atomic E-state index is 0.265. The Morgan fingerprint density at radius 1 is 1.38 bits per heavy atom. The summed E-state index contributed by atoms with van der Waals surface area (Å²) in [6.45, 7) is 2.03. The number of benzene rings is 1. The number of rotatable bonds is 1. The Kier molecular flexibility index (Phi) is 2.02. The maximum atomic E-state index is 5.61. The van der Waals surface area contributed by atoms with E-state index >= 15 is 0 Å². The lowest BCUT2D eigenvalue weighted by molar-refractivity contribution is 0.878. The molecule has 0 amide bonds. The van der Waals surface area contributed by atoms with Crippen LogP contribution in [0.4, 0.5) is 0 Å². The maximum absolute atomic E-state index is 5.61. The van der Waals surface area contributed by atoms with Gasteiger partial charge in [-0.15, -0.1) is 5.10 Å². The Morgan fingerprint density at radius 2 is 2.23 bits per heavy atom. The second-order valence-corrected chi connectivity index (χ2v) is 3.14. The monoisotopic (exact) mass is 193 g/mol. The van der Waals surface area contributed by atoms with Gasteiger partial charge in [0, 0.05) is 0 Å². The van der Waals surface area contributed by atoms with E-state index in [9.17, 15) is 0 Å². The first-order valence-electron chi connectivity index (χ1n) is 3.90. The predicted molar refractivity (Wildman–Crippen MR) is 51.1 cm³/mol. The van der Waals surface area contributed by atoms with Gasteiger partial charge in [-0.2, -0.15) is 0 Å². The highest BCUT2D eigenvalue weighted by atomic mass is 35.5. The van der Waals surface area contributed by atoms with Gasteiger partial charge in [-0.05, 0) is 36.2 Å². The van der Waals surface area contributed by atoms with E-state index in [1.807, 2.05) is 31.2 Å². The fraction of sp³-hybridized carbons (Fsp3) is 0.111. The average molecular weight is 194 g/mol. The van der Waals surface area contributed by atoms with E-state index in [2.05, 4.69) is 10.1 Å². The SMILES string of the molecule is Cc1cccc(-n2cnc(Cl)n2)c1. The summed E-state index contributed by atoms with van der Waals surface area (Å²) in [5, 5.41) is 4.26. The van der Waals surface area contributed by atoms with Gasteiger partial charge in [-0.25, -0.2) is 9.67 Å². The first-order chi connectivity index (χ1) is 6.25. The van der Waals surface area contributed by atoms with Crippen LogP contribution in [0, 0.1) is 6.92 Å². The van der Waals surface area contributed by atoms with Crippen molar-refractivity contribution in [1.29, 1.82) is 0 Å². The second-order valence-electron chi connectivity index (χ2n) is 2.80. The Bertz CT molecular complexity index is 422. The van der Waals surface area contributed by atoms with Crippen LogP contribution in [-0.2, 0) is 0 Å². The summed E-state index contributed by atoms with van der Waals surface area (Å²) in [5.74, 6) is 0. The fourth-order valence-electron chi connectivity index (χ4n) is 1.14. The van der Waals surface area contributed by atoms with Gasteiger partial charge in [-0.1, -0.05) is 12.1 Å². The van der Waals surface area contributed by atoms with Gasteiger partial charge in [0.1, 0.15) is 6.33 Å². The Balaban J connectivity index is 2.46. The number of aromatic nitrogens is 3. The zero-order chi connectivity index (χ0) is 9.26. The van der Waals surface area contributed by atoms with Crippen molar-refractivity contribution < 1.29 is 0 Å². The molecule has 0 unspecified atom stereocenters. The molecule has 1 aromatic carbocycles. The molecule has 1 heterocycles. The minimum atomic E-state index is 0.265. The van der Waals surface area contributed by atoms with Crippen molar-refractivity contribution in [3.05, 3.63) is 41.4 Å². The summed E-state index contributed by atoms with van der Waals surface area (Å²) < 4.78 is 1.65. The van der Waals surface area contributed by atoms with Gasteiger partial charge >= 0.3 is 0 Å². The van der Waals surface area contributed by atoms with Crippen molar-refractivity contribution in [2.45, 2.75) is 6.92 Å². The summed E-state index contributed by atoms with van der Waals surface area (Å²) in [5.41, 5.74) is 2.16. The summed E-state index contributed by atoms with van der Waals surface area (Å²) in [6, 6.07) is 7.98. The van der Waals surface area contributed by atoms with Crippen LogP contribution in [0.15, 0.2) is 30.6 Å². The van der Waals surface area contributed by atoms with Gasteiger partial charge in [0.2, 0.25) is 5.28 Å². The van der Waals surface area contributed by atoms with Crippen LogP contribution in [0.5, 0.6) is 0 Å². The quantitative estimate of drug-likeness (QED) is 0.696. The molecule has 3 nitrogen and oxygen atoms in total. The second kappa shape index (κ2) is 3.18. The van der Waals surface area contributed by atoms with Crippen molar-refractivity contribution in [1.82, 2.24) is 14.8 Å². The van der Waals surface area contributed by atoms with E-state index in [1.165, 1.54) is 5.56 Å². The van der Waals surface area contributed by atoms with Gasteiger partial charge in [0.15, 0.2) is 0 Å². The first kappa shape index (κ1) is 8.26. The van der Waals surface area contributed by atoms with Gasteiger partial charge in [-0.3, -0.25) is 0 Å². The number of hydrogen-bond donors (Lipinski definition) is 0. The molecule has 0 aliphatic carbocycles. The smallest absolute Gasteiger partial charge is 0.219 e. The van der Waals surface area contributed by atoms with Crippen molar-refractivity contribution >= 4 is 11.6 Å². The standard InChI is InChI=1S/C9H8ClN3/c1-7-3-2-4-8(5-7)13-6-11-9(10)12-13/h2-6H,1H3. The van der Waals surface area contributed by atoms with Crippen LogP contribution >= 0.6 is 11.6 Å². The fourth-order valence-corrected chi connectivity index (χ4v) is 1.26. The van der Waals surface area contributed by atoms with Crippen molar-refractivity contribution in [2.24, 2.45) is 0 Å². The van der Waals surface area contributed by atoms with Crippen LogP contribution in [0.1, 0.15) is 5.56 Å². The predicted octanol–water partition coefficient (Wildman–Crippen LogP) is 2.23. The van der Waals surface area contributed by atoms with Gasteiger partial charge in [0.25, 0.3) is 0 Å². The largest absolute Gasteiger partial charge is 0.242 e. The third-order valence-corrected chi connectivity index (χ3v) is 1.90. The molecular weight excluding hydrogens is 186 g/mol. The number of hydrogen-bond acceptors (Lipinski definition) is 2. The lowest BCUT2D eigenvalue weighted by Gasteiger charge is -1.99. The average Bonchev–Trinajstić information content (AvgIpc) is 2.52. The molecule has 13 heavy (non-hydrogen) atoms. The highest BCUT2D eigenvalue weighted by Crippen LogP contribution is 2.09. The molecule has 0 aliphatic heterocycles. The highest BCUT2D eigenvalue weighted by molar-refractivity contribution is 6.28. The lowest BCUT2D eigenvalue weighted by atomic mass is 10.2. The summed E-state index contributed by atoms with van der Waals surface area (Å²) in [6.07, 6.45) is 1.59. The molecule has 0 saturated carbocycles. The zero-order valence-electron chi connectivity index (χ0n) is 7.11. The van der Waals surface area contributed by atoms with Crippen molar-refractivity contribution in [3.63, 3.8) is 0 Å². The zero-order valence-corrected chi connectivity index (χ0v) is 7.86. The molecule has 0 fully saturated rings. The molecule has 66 valence electrons. The maximum Gasteiger partial charge on any atom is 0.242 e. The van der Waals surface area contributed by atoms with E-state index in [1.54, 1.807) is 11.0 Å². The third kappa shape index (κ3) is 1.70. The normalized spacial score (nSPS) is 10.3. The molecule has 4 heteroatoms. The van der Waals surface area contributed by atoms with E-state index in [0.29, 0.717) is 0 Å². The Labute approximate surface area is 81.0 Å². The topological polar surface area (TPSA) is 30.7 Å². The van der Waals surface area contributed by atoms with Crippen LogP contribution in [0.25, 0.3) is 5.69 Å². The van der Waals surface area contributed by atoms with Crippen LogP contribution in [0.2, 0.25) is 5.28 Å². The molecule has 0 bridgehead atoms. The van der Waals surface area contributed by atoms with Crippen molar-refractivity contribution in [3.8, 4) is 5.69 Å². The Morgan fingerprint density at radius 3 is 2.85 bits per heavy atom. The molecular formula is C9H8ClN3. The summed E-state index contributed by atoms with van der Waals surface area (Å²) >= 11 is 5.61. The molecule has 1 aromatic heterocycles. The van der Waals surface area contributed by atoms with Crippen LogP contribution < -0.4 is 0 Å². The third-order valence-electron chi connectivity index (χ3n) is 1.73. The molecule has 0 spiro atoms. The number of nitrogens with zero attached hydrogens (tertiary/aromatic N) is 3. The van der Waals surface area contributed by atoms with E-state index in [-0.39, 0.29) is 5.28 Å². The molecule has 0 radical (unpaired) electrons. The van der Waals surface area contributed by atoms with Gasteiger partial charge in [0.05, 0.1) is 5.69 Å². The minimum Gasteiger partial charge on any atom is -0.219 e. The number of halogens is 1. The number of aryl methyl sites for hydroxylation is 1. The molecule has 2 rings (SSSR count). The highest BCUT2D eigenvalue weighted by Gasteiger charge is 1.99. The molecule has 0 aliphatic rings. The first-order valence-corrected chi connectivity index (χ1v) is 4.28. The Hall–Kier alpha value is -1.35. The van der Waals surface area contributed by atoms with Crippen LogP contribution in [-0.4, -0.2) is 14.8 Å². The van der Waals surface area contributed by atoms with E-state index in [0.717, 1.165) is 5.69 Å². The molecule has 0 N–H and O–H groups in total. The molecule has 0 atom stereocenters. The lowest BCUT2D eigenvalue weighted by Crippen LogP contribution is -1.94. The summed E-state index contributed by atoms with van der Waals surface area (Å²) in [4.78, 5) is 3.84. The van der Waals surface area contributed by atoms with Gasteiger partial charge < -0.3 is 0 Å². The van der Waals surface area contributed by atoms with Crippen molar-refractivity contribution in [2.75, 3.05) is 0 Å².